The van der Waals surface area contributed by atoms with E-state index in [0.717, 1.165) is 65.8 Å². The first kappa shape index (κ1) is 76.7. The van der Waals surface area contributed by atoms with Crippen LogP contribution in [-0.4, -0.2) is 0 Å². The van der Waals surface area contributed by atoms with Crippen LogP contribution in [0.15, 0.2) is 499 Å². The van der Waals surface area contributed by atoms with Crippen LogP contribution in [0.4, 0.5) is 0 Å². The van der Waals surface area contributed by atoms with Gasteiger partial charge in [0.25, 0.3) is 0 Å². The lowest BCUT2D eigenvalue weighted by atomic mass is 9.83. The lowest BCUT2D eigenvalue weighted by Gasteiger charge is -2.20. The minimum atomic E-state index is 0.914. The Hall–Kier alpha value is -17.5. The monoisotopic (exact) mass is 1690 g/mol. The molecule has 3 heterocycles. The Labute approximate surface area is 766 Å². The molecule has 3 nitrogen and oxygen atoms in total. The van der Waals surface area contributed by atoms with Gasteiger partial charge in [0.1, 0.15) is 33.5 Å². The second kappa shape index (κ2) is 31.8. The van der Waals surface area contributed by atoms with Crippen molar-refractivity contribution in [2.24, 2.45) is 0 Å². The summed E-state index contributed by atoms with van der Waals surface area (Å²) < 4.78 is 18.5. The van der Waals surface area contributed by atoms with E-state index in [9.17, 15) is 0 Å². The van der Waals surface area contributed by atoms with Crippen molar-refractivity contribution in [1.82, 2.24) is 0 Å². The van der Waals surface area contributed by atoms with E-state index in [2.05, 4.69) is 449 Å². The highest BCUT2D eigenvalue weighted by molar-refractivity contribution is 6.28. The minimum Gasteiger partial charge on any atom is -0.456 e. The third-order valence-electron chi connectivity index (χ3n) is 27.5. The number of furan rings is 3. The molecular weight excluding hydrogens is 1610 g/mol. The van der Waals surface area contributed by atoms with E-state index in [1.165, 1.54) is 208 Å². The van der Waals surface area contributed by atoms with E-state index in [1.807, 2.05) is 36.4 Å². The highest BCUT2D eigenvalue weighted by Crippen LogP contribution is 2.52. The van der Waals surface area contributed by atoms with Gasteiger partial charge in [-0.05, 0) is 305 Å². The van der Waals surface area contributed by atoms with Crippen molar-refractivity contribution >= 4 is 174 Å². The molecule has 0 aliphatic rings. The Morgan fingerprint density at radius 3 is 0.699 bits per heavy atom. The molecule has 0 radical (unpaired) electrons. The summed E-state index contributed by atoms with van der Waals surface area (Å²) in [5.74, 6) is 0. The third-order valence-corrected chi connectivity index (χ3v) is 27.5. The topological polar surface area (TPSA) is 39.4 Å². The summed E-state index contributed by atoms with van der Waals surface area (Å²) >= 11 is 0. The van der Waals surface area contributed by atoms with E-state index >= 15 is 0 Å². The summed E-state index contributed by atoms with van der Waals surface area (Å²) in [6, 6.07) is 176. The molecule has 0 saturated carbocycles. The van der Waals surface area contributed by atoms with Crippen LogP contribution in [0.2, 0.25) is 0 Å². The average molecular weight is 1690 g/mol. The van der Waals surface area contributed by atoms with Gasteiger partial charge in [-0.2, -0.15) is 0 Å². The molecule has 0 aliphatic carbocycles. The number of rotatable bonds is 9. The predicted molar refractivity (Wildman–Crippen MR) is 565 cm³/mol. The minimum absolute atomic E-state index is 0.914. The summed E-state index contributed by atoms with van der Waals surface area (Å²) in [7, 11) is 0. The largest absolute Gasteiger partial charge is 0.456 e. The van der Waals surface area contributed by atoms with Gasteiger partial charge in [0.15, 0.2) is 0 Å². The van der Waals surface area contributed by atoms with Gasteiger partial charge in [-0.15, -0.1) is 0 Å². The molecule has 0 aliphatic heterocycles. The molecule has 3 aromatic heterocycles. The molecule has 618 valence electrons. The number of hydrogen-bond acceptors (Lipinski definition) is 3. The van der Waals surface area contributed by atoms with Crippen molar-refractivity contribution in [2.45, 2.75) is 0 Å². The summed E-state index contributed by atoms with van der Waals surface area (Å²) in [6.07, 6.45) is 0. The Bertz CT molecular complexity index is 9420. The Morgan fingerprint density at radius 1 is 0.0977 bits per heavy atom. The molecular formula is C130H80O3. The molecule has 28 aromatic rings. The van der Waals surface area contributed by atoms with Crippen LogP contribution >= 0.6 is 0 Å². The second-order valence-corrected chi connectivity index (χ2v) is 35.0. The maximum Gasteiger partial charge on any atom is 0.135 e. The fraction of sp³-hybridized carbons (Fsp3) is 0. The Kier molecular flexibility index (Phi) is 18.3. The van der Waals surface area contributed by atoms with E-state index in [1.54, 1.807) is 0 Å². The molecule has 0 fully saturated rings. The zero-order chi connectivity index (χ0) is 87.6. The molecule has 0 atom stereocenters. The van der Waals surface area contributed by atoms with Crippen LogP contribution in [0.1, 0.15) is 0 Å². The van der Waals surface area contributed by atoms with Gasteiger partial charge in [-0.1, -0.05) is 388 Å². The first-order chi connectivity index (χ1) is 66.0. The van der Waals surface area contributed by atoms with E-state index in [4.69, 9.17) is 13.3 Å². The fourth-order valence-electron chi connectivity index (χ4n) is 21.5. The highest BCUT2D eigenvalue weighted by atomic mass is 16.3. The molecule has 0 amide bonds. The lowest BCUT2D eigenvalue weighted by Crippen LogP contribution is -1.92. The van der Waals surface area contributed by atoms with Crippen molar-refractivity contribution < 1.29 is 13.3 Å². The molecule has 0 bridgehead atoms. The molecule has 0 saturated heterocycles. The average Bonchev–Trinajstić information content (AvgIpc) is 1.37. The molecule has 133 heavy (non-hydrogen) atoms. The van der Waals surface area contributed by atoms with Crippen LogP contribution in [-0.2, 0) is 0 Å². The van der Waals surface area contributed by atoms with Gasteiger partial charge in [0.05, 0.1) is 0 Å². The zero-order valence-electron chi connectivity index (χ0n) is 72.4. The van der Waals surface area contributed by atoms with Crippen LogP contribution in [0.5, 0.6) is 0 Å². The Balaban J connectivity index is 0.000000104. The van der Waals surface area contributed by atoms with Gasteiger partial charge in [-0.25, -0.2) is 0 Å². The van der Waals surface area contributed by atoms with Gasteiger partial charge in [0.2, 0.25) is 0 Å². The van der Waals surface area contributed by atoms with Gasteiger partial charge < -0.3 is 13.3 Å². The van der Waals surface area contributed by atoms with Crippen molar-refractivity contribution in [1.29, 1.82) is 0 Å². The third kappa shape index (κ3) is 13.0. The SMILES string of the molecule is c1ccc(-c2c3ccccc3c(-c3cc(-c4ccc5oc6ccccc6c5c4)c4ccccc4c3)c3ccccc23)cc1.c1ccc(-c2c3ccccc3c(-c3cc(-c4ccc5oc6ccccc6c5c4)cc4ccccc34)c3ccccc23)cc1.c1ccc2cc(-c3c4ccccc4c(-c4cc(-c5ccc6oc7ccccc7c6c5)cc5ccccc45)c4ccccc34)ccc2c1. The number of benzene rings is 25. The highest BCUT2D eigenvalue weighted by Gasteiger charge is 2.25. The maximum absolute atomic E-state index is 6.17. The number of hydrogen-bond donors (Lipinski definition) is 0. The lowest BCUT2D eigenvalue weighted by molar-refractivity contribution is 0.668. The molecule has 0 unspecified atom stereocenters. The fourth-order valence-corrected chi connectivity index (χ4v) is 21.5. The summed E-state index contributed by atoms with van der Waals surface area (Å²) in [6.45, 7) is 0. The quantitative estimate of drug-likeness (QED) is 0.135. The predicted octanol–water partition coefficient (Wildman–Crippen LogP) is 37.3. The summed E-state index contributed by atoms with van der Waals surface area (Å²) in [5.41, 5.74) is 27.8. The van der Waals surface area contributed by atoms with E-state index < -0.39 is 0 Å². The summed E-state index contributed by atoms with van der Waals surface area (Å²) in [5, 5.41) is 32.0. The van der Waals surface area contributed by atoms with Gasteiger partial charge >= 0.3 is 0 Å². The van der Waals surface area contributed by atoms with Gasteiger partial charge in [-0.3, -0.25) is 0 Å². The van der Waals surface area contributed by atoms with Crippen molar-refractivity contribution in [3.8, 4) is 100 Å². The van der Waals surface area contributed by atoms with Crippen LogP contribution in [0, 0.1) is 0 Å². The van der Waals surface area contributed by atoms with E-state index in [0.29, 0.717) is 0 Å². The van der Waals surface area contributed by atoms with Crippen LogP contribution < -0.4 is 0 Å². The molecule has 3 heteroatoms. The van der Waals surface area contributed by atoms with Crippen molar-refractivity contribution in [3.63, 3.8) is 0 Å². The Morgan fingerprint density at radius 2 is 0.331 bits per heavy atom. The van der Waals surface area contributed by atoms with E-state index in [-0.39, 0.29) is 0 Å². The van der Waals surface area contributed by atoms with Crippen LogP contribution in [0.25, 0.3) is 274 Å². The maximum atomic E-state index is 6.17. The molecule has 28 rings (SSSR count). The smallest absolute Gasteiger partial charge is 0.135 e. The second-order valence-electron chi connectivity index (χ2n) is 35.0. The first-order valence-electron chi connectivity index (χ1n) is 45.7. The molecule has 25 aromatic carbocycles. The first-order valence-corrected chi connectivity index (χ1v) is 45.7. The standard InChI is InChI=1S/C46H28O.2C42H26O/c1-2-12-30-25-33(22-21-29(30)11-1)45-37-16-5-7-18-39(37)46(40-19-8-6-17-38(40)45)42-28-34(26-32-13-3-4-14-35(32)42)31-23-24-44-41(27-31)36-15-9-10-20-43(36)47-44;1-2-12-27(13-3-1)41-33-17-6-8-19-35(33)42(36-20-9-7-18-34(36)41)38-26-30(24-29-14-4-5-15-31(29)38)28-22-23-40-37(25-28)32-16-10-11-21-39(32)43-40;1-2-12-27(13-3-1)41-33-17-6-8-19-35(33)42(36-20-9-7-18-34(36)41)30-24-28-14-4-5-15-31(28)37(26-30)29-22-23-40-38(25-29)32-16-10-11-21-39(32)43-40/h1-28H;2*1-26H. The summed E-state index contributed by atoms with van der Waals surface area (Å²) in [4.78, 5) is 0. The zero-order valence-corrected chi connectivity index (χ0v) is 72.4. The van der Waals surface area contributed by atoms with Crippen molar-refractivity contribution in [3.05, 3.63) is 485 Å². The number of para-hydroxylation sites is 3. The van der Waals surface area contributed by atoms with Crippen LogP contribution in [0.3, 0.4) is 0 Å². The van der Waals surface area contributed by atoms with Gasteiger partial charge in [0, 0.05) is 32.3 Å². The molecule has 0 N–H and O–H groups in total. The number of fused-ring (bicyclic) bond motifs is 19. The van der Waals surface area contributed by atoms with Crippen molar-refractivity contribution in [2.75, 3.05) is 0 Å². The normalized spacial score (nSPS) is 11.8. The molecule has 0 spiro atoms.